The maximum absolute atomic E-state index is 12.6. The molecule has 2 aromatic heterocycles. The van der Waals surface area contributed by atoms with Gasteiger partial charge in [0.15, 0.2) is 0 Å². The van der Waals surface area contributed by atoms with Crippen LogP contribution in [-0.2, 0) is 13.0 Å². The summed E-state index contributed by atoms with van der Waals surface area (Å²) in [7, 11) is 0. The average molecular weight is 319 g/mol. The van der Waals surface area contributed by atoms with Crippen molar-refractivity contribution in [3.05, 3.63) is 65.4 Å². The molecule has 24 heavy (non-hydrogen) atoms. The lowest BCUT2D eigenvalue weighted by Gasteiger charge is -2.26. The topological polar surface area (TPSA) is 74.8 Å². The van der Waals surface area contributed by atoms with Crippen LogP contribution in [0.5, 0.6) is 0 Å². The number of H-pyrrole nitrogens is 1. The van der Waals surface area contributed by atoms with Gasteiger partial charge in [0, 0.05) is 42.2 Å². The second kappa shape index (κ2) is 5.88. The number of hydrogen-bond donors (Lipinski definition) is 1. The molecule has 1 amide bonds. The minimum atomic E-state index is -0.0928. The summed E-state index contributed by atoms with van der Waals surface area (Å²) in [5.74, 6) is -0.0928. The van der Waals surface area contributed by atoms with Crippen molar-refractivity contribution in [1.82, 2.24) is 25.1 Å². The van der Waals surface area contributed by atoms with Crippen LogP contribution in [0.1, 0.15) is 27.3 Å². The molecule has 1 aliphatic heterocycles. The first kappa shape index (κ1) is 14.6. The van der Waals surface area contributed by atoms with Gasteiger partial charge in [-0.1, -0.05) is 29.8 Å². The van der Waals surface area contributed by atoms with E-state index in [0.717, 1.165) is 28.9 Å². The zero-order chi connectivity index (χ0) is 16.5. The number of aryl methyl sites for hydroxylation is 1. The molecule has 3 heterocycles. The molecule has 6 heteroatoms. The third-order valence-electron chi connectivity index (χ3n) is 4.33. The van der Waals surface area contributed by atoms with E-state index in [1.54, 1.807) is 11.1 Å². The molecule has 6 nitrogen and oxygen atoms in total. The largest absolute Gasteiger partial charge is 0.332 e. The number of benzene rings is 1. The smallest absolute Gasteiger partial charge is 0.274 e. The fourth-order valence-corrected chi connectivity index (χ4v) is 2.99. The number of carbonyl (C=O) groups excluding carboxylic acids is 1. The van der Waals surface area contributed by atoms with Gasteiger partial charge in [0.05, 0.1) is 18.4 Å². The van der Waals surface area contributed by atoms with Crippen LogP contribution in [0.4, 0.5) is 0 Å². The highest BCUT2D eigenvalue weighted by molar-refractivity contribution is 5.92. The van der Waals surface area contributed by atoms with E-state index >= 15 is 0 Å². The van der Waals surface area contributed by atoms with Crippen LogP contribution in [0.2, 0.25) is 0 Å². The van der Waals surface area contributed by atoms with Crippen LogP contribution in [-0.4, -0.2) is 37.5 Å². The van der Waals surface area contributed by atoms with Gasteiger partial charge < -0.3 is 4.90 Å². The number of carbonyl (C=O) groups is 1. The Balaban J connectivity index is 1.64. The Labute approximate surface area is 139 Å². The molecule has 120 valence electrons. The first-order chi connectivity index (χ1) is 11.7. The number of fused-ring (bicyclic) bond motifs is 1. The highest BCUT2D eigenvalue weighted by Crippen LogP contribution is 2.29. The number of amides is 1. The summed E-state index contributed by atoms with van der Waals surface area (Å²) in [5.41, 5.74) is 5.76. The molecule has 0 spiro atoms. The summed E-state index contributed by atoms with van der Waals surface area (Å²) < 4.78 is 0. The Bertz CT molecular complexity index is 870. The molecule has 1 N–H and O–H groups in total. The van der Waals surface area contributed by atoms with Crippen LogP contribution in [0.25, 0.3) is 11.3 Å². The SMILES string of the molecule is Cc1ccc(-c2n[nH]c3c2CN(C(=O)c2cnccn2)CC3)cc1. The van der Waals surface area contributed by atoms with Gasteiger partial charge >= 0.3 is 0 Å². The normalized spacial score (nSPS) is 13.6. The first-order valence-corrected chi connectivity index (χ1v) is 7.91. The third kappa shape index (κ3) is 2.56. The summed E-state index contributed by atoms with van der Waals surface area (Å²) in [6, 6.07) is 8.27. The van der Waals surface area contributed by atoms with Crippen LogP contribution in [0, 0.1) is 6.92 Å². The van der Waals surface area contributed by atoms with E-state index in [0.29, 0.717) is 18.8 Å². The van der Waals surface area contributed by atoms with Crippen molar-refractivity contribution >= 4 is 5.91 Å². The zero-order valence-electron chi connectivity index (χ0n) is 13.4. The Morgan fingerprint density at radius 3 is 2.79 bits per heavy atom. The van der Waals surface area contributed by atoms with Crippen LogP contribution >= 0.6 is 0 Å². The van der Waals surface area contributed by atoms with Gasteiger partial charge in [-0.2, -0.15) is 5.10 Å². The van der Waals surface area contributed by atoms with E-state index in [-0.39, 0.29) is 5.91 Å². The fourth-order valence-electron chi connectivity index (χ4n) is 2.99. The molecule has 3 aromatic rings. The van der Waals surface area contributed by atoms with E-state index in [4.69, 9.17) is 0 Å². The minimum Gasteiger partial charge on any atom is -0.332 e. The van der Waals surface area contributed by atoms with Crippen molar-refractivity contribution in [2.75, 3.05) is 6.54 Å². The molecule has 0 bridgehead atoms. The van der Waals surface area contributed by atoms with Gasteiger partial charge in [0.2, 0.25) is 0 Å². The lowest BCUT2D eigenvalue weighted by atomic mass is 10.00. The number of rotatable bonds is 2. The van der Waals surface area contributed by atoms with Gasteiger partial charge in [0.1, 0.15) is 5.69 Å². The Kier molecular flexibility index (Phi) is 3.57. The summed E-state index contributed by atoms with van der Waals surface area (Å²) >= 11 is 0. The second-order valence-electron chi connectivity index (χ2n) is 5.96. The molecule has 0 aliphatic carbocycles. The standard InChI is InChI=1S/C18H17N5O/c1-12-2-4-13(5-3-12)17-14-11-23(9-6-15(14)21-22-17)18(24)16-10-19-7-8-20-16/h2-5,7-8,10H,6,9,11H2,1H3,(H,21,22). The first-order valence-electron chi connectivity index (χ1n) is 7.91. The number of hydrogen-bond acceptors (Lipinski definition) is 4. The monoisotopic (exact) mass is 319 g/mol. The fraction of sp³-hybridized carbons (Fsp3) is 0.222. The molecule has 4 rings (SSSR count). The van der Waals surface area contributed by atoms with Gasteiger partial charge in [-0.25, -0.2) is 4.98 Å². The van der Waals surface area contributed by atoms with Crippen LogP contribution in [0.15, 0.2) is 42.9 Å². The summed E-state index contributed by atoms with van der Waals surface area (Å²) in [5, 5.41) is 7.60. The van der Waals surface area contributed by atoms with Crippen LogP contribution in [0.3, 0.4) is 0 Å². The maximum atomic E-state index is 12.6. The van der Waals surface area contributed by atoms with Crippen LogP contribution < -0.4 is 0 Å². The van der Waals surface area contributed by atoms with E-state index in [1.165, 1.54) is 18.0 Å². The maximum Gasteiger partial charge on any atom is 0.274 e. The quantitative estimate of drug-likeness (QED) is 0.787. The Morgan fingerprint density at radius 2 is 2.04 bits per heavy atom. The van der Waals surface area contributed by atoms with E-state index in [9.17, 15) is 4.79 Å². The lowest BCUT2D eigenvalue weighted by Crippen LogP contribution is -2.36. The molecule has 0 saturated carbocycles. The Hall–Kier alpha value is -3.02. The summed E-state index contributed by atoms with van der Waals surface area (Å²) in [6.45, 7) is 3.24. The predicted molar refractivity (Wildman–Crippen MR) is 89.2 cm³/mol. The zero-order valence-corrected chi connectivity index (χ0v) is 13.4. The highest BCUT2D eigenvalue weighted by atomic mass is 16.2. The highest BCUT2D eigenvalue weighted by Gasteiger charge is 2.26. The molecular weight excluding hydrogens is 302 g/mol. The van der Waals surface area contributed by atoms with E-state index in [1.807, 2.05) is 0 Å². The van der Waals surface area contributed by atoms with E-state index < -0.39 is 0 Å². The molecule has 0 atom stereocenters. The average Bonchev–Trinajstić information content (AvgIpc) is 3.05. The van der Waals surface area contributed by atoms with Gasteiger partial charge in [-0.3, -0.25) is 14.9 Å². The molecule has 0 unspecified atom stereocenters. The van der Waals surface area contributed by atoms with E-state index in [2.05, 4.69) is 51.4 Å². The van der Waals surface area contributed by atoms with Crippen molar-refractivity contribution in [2.45, 2.75) is 19.9 Å². The van der Waals surface area contributed by atoms with Crippen molar-refractivity contribution in [1.29, 1.82) is 0 Å². The number of aromatic nitrogens is 4. The van der Waals surface area contributed by atoms with Gasteiger partial charge in [0.25, 0.3) is 5.91 Å². The van der Waals surface area contributed by atoms with Gasteiger partial charge in [-0.05, 0) is 6.92 Å². The predicted octanol–water partition coefficient (Wildman–Crippen LogP) is 2.37. The lowest BCUT2D eigenvalue weighted by molar-refractivity contribution is 0.0728. The molecule has 0 saturated heterocycles. The van der Waals surface area contributed by atoms with Crippen molar-refractivity contribution in [3.63, 3.8) is 0 Å². The van der Waals surface area contributed by atoms with Crippen molar-refractivity contribution in [3.8, 4) is 11.3 Å². The van der Waals surface area contributed by atoms with Crippen molar-refractivity contribution in [2.24, 2.45) is 0 Å². The molecule has 1 aliphatic rings. The molecular formula is C18H17N5O. The molecule has 1 aromatic carbocycles. The second-order valence-corrected chi connectivity index (χ2v) is 5.96. The number of nitrogens with one attached hydrogen (secondary N) is 1. The summed E-state index contributed by atoms with van der Waals surface area (Å²) in [4.78, 5) is 22.5. The van der Waals surface area contributed by atoms with Gasteiger partial charge in [-0.15, -0.1) is 0 Å². The number of aromatic amines is 1. The Morgan fingerprint density at radius 1 is 1.21 bits per heavy atom. The minimum absolute atomic E-state index is 0.0928. The molecule has 0 fully saturated rings. The molecule has 0 radical (unpaired) electrons. The van der Waals surface area contributed by atoms with Crippen molar-refractivity contribution < 1.29 is 4.79 Å². The summed E-state index contributed by atoms with van der Waals surface area (Å²) in [6.07, 6.45) is 5.38. The third-order valence-corrected chi connectivity index (χ3v) is 4.33. The number of nitrogens with zero attached hydrogens (tertiary/aromatic N) is 4.